The molecule has 1 saturated heterocycles. The van der Waals surface area contributed by atoms with Gasteiger partial charge in [0.05, 0.1) is 19.3 Å². The van der Waals surface area contributed by atoms with Crippen LogP contribution in [-0.4, -0.2) is 36.8 Å². The molecule has 0 radical (unpaired) electrons. The molecule has 0 unspecified atom stereocenters. The van der Waals surface area contributed by atoms with E-state index in [0.717, 1.165) is 41.7 Å². The SMILES string of the molecule is CCOc1ccc2[nH]c(C(=O)N[C@H]3CCCOC3)c(C)c2c1. The van der Waals surface area contributed by atoms with Crippen LogP contribution in [-0.2, 0) is 4.74 Å². The second-order valence-electron chi connectivity index (χ2n) is 5.65. The number of aromatic amines is 1. The highest BCUT2D eigenvalue weighted by Gasteiger charge is 2.20. The molecule has 1 atom stereocenters. The van der Waals surface area contributed by atoms with Crippen LogP contribution in [0.1, 0.15) is 35.8 Å². The molecule has 22 heavy (non-hydrogen) atoms. The van der Waals surface area contributed by atoms with Crippen molar-refractivity contribution < 1.29 is 14.3 Å². The summed E-state index contributed by atoms with van der Waals surface area (Å²) in [6, 6.07) is 5.95. The number of benzene rings is 1. The number of carbonyl (C=O) groups excluding carboxylic acids is 1. The van der Waals surface area contributed by atoms with Crippen molar-refractivity contribution in [3.8, 4) is 5.75 Å². The van der Waals surface area contributed by atoms with Crippen LogP contribution in [0.25, 0.3) is 10.9 Å². The first kappa shape index (κ1) is 14.9. The van der Waals surface area contributed by atoms with E-state index in [4.69, 9.17) is 9.47 Å². The summed E-state index contributed by atoms with van der Waals surface area (Å²) in [4.78, 5) is 15.7. The molecule has 3 rings (SSSR count). The predicted molar refractivity (Wildman–Crippen MR) is 85.5 cm³/mol. The number of rotatable bonds is 4. The van der Waals surface area contributed by atoms with E-state index in [1.807, 2.05) is 32.0 Å². The molecule has 1 fully saturated rings. The standard InChI is InChI=1S/C17H22N2O3/c1-3-22-13-6-7-15-14(9-13)11(2)16(19-15)17(20)18-12-5-4-8-21-10-12/h6-7,9,12,19H,3-5,8,10H2,1-2H3,(H,18,20)/t12-/m0/s1. The highest BCUT2D eigenvalue weighted by molar-refractivity contribution is 6.01. The molecule has 5 nitrogen and oxygen atoms in total. The van der Waals surface area contributed by atoms with Crippen molar-refractivity contribution in [1.82, 2.24) is 10.3 Å². The molecule has 1 aliphatic heterocycles. The van der Waals surface area contributed by atoms with Crippen molar-refractivity contribution in [2.24, 2.45) is 0 Å². The lowest BCUT2D eigenvalue weighted by atomic mass is 10.1. The molecule has 0 aliphatic carbocycles. The minimum atomic E-state index is -0.0674. The third-order valence-electron chi connectivity index (χ3n) is 4.06. The third-order valence-corrected chi connectivity index (χ3v) is 4.06. The van der Waals surface area contributed by atoms with E-state index in [-0.39, 0.29) is 11.9 Å². The summed E-state index contributed by atoms with van der Waals surface area (Å²) in [5.41, 5.74) is 2.52. The molecular weight excluding hydrogens is 280 g/mol. The number of hydrogen-bond donors (Lipinski definition) is 2. The molecule has 2 heterocycles. The Balaban J connectivity index is 1.83. The zero-order valence-corrected chi connectivity index (χ0v) is 13.1. The van der Waals surface area contributed by atoms with Gasteiger partial charge in [-0.25, -0.2) is 0 Å². The van der Waals surface area contributed by atoms with Gasteiger partial charge in [-0.3, -0.25) is 4.79 Å². The van der Waals surface area contributed by atoms with E-state index in [2.05, 4.69) is 10.3 Å². The smallest absolute Gasteiger partial charge is 0.268 e. The number of aromatic nitrogens is 1. The van der Waals surface area contributed by atoms with Crippen LogP contribution < -0.4 is 10.1 Å². The fourth-order valence-electron chi connectivity index (χ4n) is 2.90. The van der Waals surface area contributed by atoms with Gasteiger partial charge in [-0.15, -0.1) is 0 Å². The van der Waals surface area contributed by atoms with Gasteiger partial charge in [-0.05, 0) is 50.5 Å². The van der Waals surface area contributed by atoms with Crippen LogP contribution in [0.15, 0.2) is 18.2 Å². The molecule has 1 aromatic heterocycles. The van der Waals surface area contributed by atoms with Crippen molar-refractivity contribution >= 4 is 16.8 Å². The molecule has 0 saturated carbocycles. The molecule has 0 bridgehead atoms. The zero-order chi connectivity index (χ0) is 15.5. The molecular formula is C17H22N2O3. The topological polar surface area (TPSA) is 63.4 Å². The first-order valence-electron chi connectivity index (χ1n) is 7.82. The molecule has 2 N–H and O–H groups in total. The van der Waals surface area contributed by atoms with E-state index in [1.54, 1.807) is 0 Å². The van der Waals surface area contributed by atoms with Gasteiger partial charge in [-0.2, -0.15) is 0 Å². The second kappa shape index (κ2) is 6.40. The van der Waals surface area contributed by atoms with E-state index < -0.39 is 0 Å². The van der Waals surface area contributed by atoms with Crippen LogP contribution in [0.4, 0.5) is 0 Å². The van der Waals surface area contributed by atoms with Gasteiger partial charge >= 0.3 is 0 Å². The summed E-state index contributed by atoms with van der Waals surface area (Å²) in [6.45, 7) is 5.93. The Bertz CT molecular complexity index is 672. The van der Waals surface area contributed by atoms with Crippen LogP contribution in [0.2, 0.25) is 0 Å². The van der Waals surface area contributed by atoms with Crippen molar-refractivity contribution in [2.45, 2.75) is 32.7 Å². The molecule has 5 heteroatoms. The van der Waals surface area contributed by atoms with Crippen LogP contribution >= 0.6 is 0 Å². The normalized spacial score (nSPS) is 18.4. The third kappa shape index (κ3) is 2.95. The number of amides is 1. The Kier molecular flexibility index (Phi) is 4.34. The summed E-state index contributed by atoms with van der Waals surface area (Å²) < 4.78 is 10.9. The summed E-state index contributed by atoms with van der Waals surface area (Å²) in [6.07, 6.45) is 1.97. The highest BCUT2D eigenvalue weighted by Crippen LogP contribution is 2.26. The summed E-state index contributed by atoms with van der Waals surface area (Å²) in [5.74, 6) is 0.756. The Labute approximate surface area is 130 Å². The summed E-state index contributed by atoms with van der Waals surface area (Å²) in [7, 11) is 0. The first-order chi connectivity index (χ1) is 10.7. The first-order valence-corrected chi connectivity index (χ1v) is 7.82. The van der Waals surface area contributed by atoms with Crippen molar-refractivity contribution in [3.63, 3.8) is 0 Å². The maximum atomic E-state index is 12.5. The quantitative estimate of drug-likeness (QED) is 0.913. The Morgan fingerprint density at radius 2 is 2.36 bits per heavy atom. The van der Waals surface area contributed by atoms with Crippen molar-refractivity contribution in [2.75, 3.05) is 19.8 Å². The average molecular weight is 302 g/mol. The maximum absolute atomic E-state index is 12.5. The van der Waals surface area contributed by atoms with Gasteiger partial charge in [0.25, 0.3) is 5.91 Å². The van der Waals surface area contributed by atoms with E-state index in [9.17, 15) is 4.79 Å². The largest absolute Gasteiger partial charge is 0.494 e. The fraction of sp³-hybridized carbons (Fsp3) is 0.471. The average Bonchev–Trinajstić information content (AvgIpc) is 2.86. The van der Waals surface area contributed by atoms with Crippen LogP contribution in [0.5, 0.6) is 5.75 Å². The number of ether oxygens (including phenoxy) is 2. The number of hydrogen-bond acceptors (Lipinski definition) is 3. The Morgan fingerprint density at radius 3 is 3.09 bits per heavy atom. The lowest BCUT2D eigenvalue weighted by molar-refractivity contribution is 0.0622. The van der Waals surface area contributed by atoms with Gasteiger partial charge in [0.15, 0.2) is 0 Å². The van der Waals surface area contributed by atoms with Gasteiger partial charge in [0.1, 0.15) is 11.4 Å². The summed E-state index contributed by atoms with van der Waals surface area (Å²) >= 11 is 0. The number of carbonyl (C=O) groups is 1. The van der Waals surface area contributed by atoms with Crippen molar-refractivity contribution in [1.29, 1.82) is 0 Å². The minimum absolute atomic E-state index is 0.0674. The van der Waals surface area contributed by atoms with Gasteiger partial charge < -0.3 is 19.8 Å². The second-order valence-corrected chi connectivity index (χ2v) is 5.65. The van der Waals surface area contributed by atoms with E-state index in [1.165, 1.54) is 0 Å². The molecule has 2 aromatic rings. The predicted octanol–water partition coefficient (Wildman–Crippen LogP) is 2.78. The maximum Gasteiger partial charge on any atom is 0.268 e. The fourth-order valence-corrected chi connectivity index (χ4v) is 2.90. The van der Waals surface area contributed by atoms with Gasteiger partial charge in [-0.1, -0.05) is 0 Å². The molecule has 0 spiro atoms. The monoisotopic (exact) mass is 302 g/mol. The van der Waals surface area contributed by atoms with Crippen LogP contribution in [0.3, 0.4) is 0 Å². The number of nitrogens with one attached hydrogen (secondary N) is 2. The number of H-pyrrole nitrogens is 1. The minimum Gasteiger partial charge on any atom is -0.494 e. The molecule has 118 valence electrons. The van der Waals surface area contributed by atoms with E-state index >= 15 is 0 Å². The summed E-state index contributed by atoms with van der Waals surface area (Å²) in [5, 5.41) is 4.07. The number of aryl methyl sites for hydroxylation is 1. The molecule has 1 aliphatic rings. The molecule has 1 aromatic carbocycles. The van der Waals surface area contributed by atoms with E-state index in [0.29, 0.717) is 18.9 Å². The van der Waals surface area contributed by atoms with Crippen molar-refractivity contribution in [3.05, 3.63) is 29.5 Å². The Morgan fingerprint density at radius 1 is 1.50 bits per heavy atom. The van der Waals surface area contributed by atoms with Crippen LogP contribution in [0, 0.1) is 6.92 Å². The lowest BCUT2D eigenvalue weighted by Gasteiger charge is -2.22. The zero-order valence-electron chi connectivity index (χ0n) is 13.1. The van der Waals surface area contributed by atoms with Gasteiger partial charge in [0.2, 0.25) is 0 Å². The highest BCUT2D eigenvalue weighted by atomic mass is 16.5. The number of fused-ring (bicyclic) bond motifs is 1. The molecule has 1 amide bonds. The Hall–Kier alpha value is -2.01. The lowest BCUT2D eigenvalue weighted by Crippen LogP contribution is -2.40. The van der Waals surface area contributed by atoms with Gasteiger partial charge in [0, 0.05) is 17.5 Å².